The van der Waals surface area contributed by atoms with Crippen LogP contribution in [0.1, 0.15) is 55.0 Å². The minimum atomic E-state index is -4.58. The van der Waals surface area contributed by atoms with Crippen molar-refractivity contribution in [3.63, 3.8) is 0 Å². The molecule has 0 saturated heterocycles. The number of rotatable bonds is 8. The van der Waals surface area contributed by atoms with E-state index in [1.165, 1.54) is 13.8 Å². The second-order valence-corrected chi connectivity index (χ2v) is 6.72. The molecule has 0 radical (unpaired) electrons. The Hall–Kier alpha value is -2.31. The van der Waals surface area contributed by atoms with Gasteiger partial charge in [-0.3, -0.25) is 9.48 Å². The number of nitrogens with one attached hydrogen (secondary N) is 1. The number of halogens is 8. The van der Waals surface area contributed by atoms with Gasteiger partial charge in [0.15, 0.2) is 5.69 Å². The summed E-state index contributed by atoms with van der Waals surface area (Å²) in [4.78, 5) is 12.2. The molecule has 0 saturated carbocycles. The van der Waals surface area contributed by atoms with E-state index in [0.717, 1.165) is 10.7 Å². The normalized spacial score (nSPS) is 13.3. The van der Waals surface area contributed by atoms with Crippen molar-refractivity contribution in [3.05, 3.63) is 33.9 Å². The van der Waals surface area contributed by atoms with Gasteiger partial charge in [0.25, 0.3) is 12.9 Å². The highest BCUT2D eigenvalue weighted by atomic mass is 35.5. The zero-order valence-corrected chi connectivity index (χ0v) is 16.4. The number of hydrogen-bond acceptors (Lipinski definition) is 3. The van der Waals surface area contributed by atoms with E-state index in [1.54, 1.807) is 0 Å². The third-order valence-corrected chi connectivity index (χ3v) is 4.58. The molecule has 1 unspecified atom stereocenters. The van der Waals surface area contributed by atoms with Gasteiger partial charge in [0.05, 0.1) is 5.02 Å². The minimum absolute atomic E-state index is 0.0233. The van der Waals surface area contributed by atoms with Crippen LogP contribution in [0.5, 0.6) is 0 Å². The third-order valence-electron chi connectivity index (χ3n) is 4.19. The van der Waals surface area contributed by atoms with E-state index in [-0.39, 0.29) is 25.2 Å². The molecule has 0 bridgehead atoms. The Balaban J connectivity index is 1.99. The Kier molecular flexibility index (Phi) is 7.37. The summed E-state index contributed by atoms with van der Waals surface area (Å²) in [6.45, 7) is 2.65. The van der Waals surface area contributed by atoms with E-state index >= 15 is 0 Å². The van der Waals surface area contributed by atoms with Gasteiger partial charge in [-0.25, -0.2) is 22.2 Å². The van der Waals surface area contributed by atoms with E-state index < -0.39 is 53.1 Å². The highest BCUT2D eigenvalue weighted by Crippen LogP contribution is 2.36. The van der Waals surface area contributed by atoms with Crippen molar-refractivity contribution in [3.8, 4) is 0 Å². The Morgan fingerprint density at radius 2 is 1.83 bits per heavy atom. The first-order valence-corrected chi connectivity index (χ1v) is 8.95. The lowest BCUT2D eigenvalue weighted by Crippen LogP contribution is -2.33. The van der Waals surface area contributed by atoms with Crippen LogP contribution in [0.4, 0.5) is 30.7 Å². The molecular weight excluding hydrogens is 447 g/mol. The van der Waals surface area contributed by atoms with E-state index in [0.29, 0.717) is 4.68 Å². The summed E-state index contributed by atoms with van der Waals surface area (Å²) < 4.78 is 91.6. The van der Waals surface area contributed by atoms with Gasteiger partial charge >= 0.3 is 6.18 Å². The number of alkyl halides is 7. The number of carbonyl (C=O) groups is 1. The molecule has 0 fully saturated rings. The van der Waals surface area contributed by atoms with Crippen molar-refractivity contribution in [1.82, 2.24) is 24.9 Å². The molecule has 6 nitrogen and oxygen atoms in total. The van der Waals surface area contributed by atoms with Gasteiger partial charge in [0, 0.05) is 18.8 Å². The molecule has 2 rings (SSSR count). The smallest absolute Gasteiger partial charge is 0.354 e. The SMILES string of the molecule is Cc1cc(C(F)(F)F)nn1CCCNC(=O)C(C)n1nc(C(F)F)c(Cl)c1C(F)F. The lowest BCUT2D eigenvalue weighted by atomic mass is 10.3. The van der Waals surface area contributed by atoms with Gasteiger partial charge in [0.1, 0.15) is 17.4 Å². The average Bonchev–Trinajstić information content (AvgIpc) is 3.18. The quantitative estimate of drug-likeness (QED) is 0.456. The van der Waals surface area contributed by atoms with Crippen LogP contribution in [0.2, 0.25) is 5.02 Å². The number of hydrogen-bond donors (Lipinski definition) is 1. The topological polar surface area (TPSA) is 64.7 Å². The van der Waals surface area contributed by atoms with Crippen LogP contribution >= 0.6 is 11.6 Å². The largest absolute Gasteiger partial charge is 0.435 e. The van der Waals surface area contributed by atoms with Crippen LogP contribution in [0.15, 0.2) is 6.07 Å². The summed E-state index contributed by atoms with van der Waals surface area (Å²) in [6.07, 6.45) is -10.8. The van der Waals surface area contributed by atoms with Crippen LogP contribution in [-0.2, 0) is 17.5 Å². The van der Waals surface area contributed by atoms with Crippen molar-refractivity contribution in [1.29, 1.82) is 0 Å². The van der Waals surface area contributed by atoms with E-state index in [9.17, 15) is 35.5 Å². The number of aromatic nitrogens is 4. The van der Waals surface area contributed by atoms with Crippen molar-refractivity contribution in [2.75, 3.05) is 6.54 Å². The van der Waals surface area contributed by atoms with Gasteiger partial charge in [-0.2, -0.15) is 23.4 Å². The fraction of sp³-hybridized carbons (Fsp3) is 0.562. The zero-order chi connectivity index (χ0) is 22.8. The Morgan fingerprint density at radius 1 is 1.20 bits per heavy atom. The maximum absolute atomic E-state index is 13.2. The van der Waals surface area contributed by atoms with Crippen molar-refractivity contribution >= 4 is 17.5 Å². The van der Waals surface area contributed by atoms with E-state index in [4.69, 9.17) is 11.6 Å². The third kappa shape index (κ3) is 5.24. The monoisotopic (exact) mass is 463 g/mol. The average molecular weight is 464 g/mol. The summed E-state index contributed by atoms with van der Waals surface area (Å²) in [6, 6.07) is -0.489. The summed E-state index contributed by atoms with van der Waals surface area (Å²) in [7, 11) is 0. The zero-order valence-electron chi connectivity index (χ0n) is 15.7. The number of amides is 1. The van der Waals surface area contributed by atoms with Crippen molar-refractivity contribution in [2.24, 2.45) is 0 Å². The number of carbonyl (C=O) groups excluding carboxylic acids is 1. The Morgan fingerprint density at radius 3 is 2.33 bits per heavy atom. The fourth-order valence-electron chi connectivity index (χ4n) is 2.65. The first-order valence-electron chi connectivity index (χ1n) is 8.58. The van der Waals surface area contributed by atoms with E-state index in [2.05, 4.69) is 15.5 Å². The van der Waals surface area contributed by atoms with Crippen LogP contribution in [0.3, 0.4) is 0 Å². The molecular formula is C16H17ClF7N5O. The molecule has 168 valence electrons. The Bertz CT molecular complexity index is 893. The van der Waals surface area contributed by atoms with E-state index in [1.807, 2.05) is 0 Å². The molecule has 1 amide bonds. The summed E-state index contributed by atoms with van der Waals surface area (Å²) in [5.41, 5.74) is -2.82. The second kappa shape index (κ2) is 9.23. The first-order chi connectivity index (χ1) is 13.8. The van der Waals surface area contributed by atoms with Crippen molar-refractivity contribution in [2.45, 2.75) is 51.9 Å². The molecule has 2 heterocycles. The number of nitrogens with zero attached hydrogens (tertiary/aromatic N) is 4. The van der Waals surface area contributed by atoms with Gasteiger partial charge in [-0.1, -0.05) is 11.6 Å². The molecule has 0 aliphatic rings. The maximum atomic E-state index is 13.2. The molecule has 1 N–H and O–H groups in total. The van der Waals surface area contributed by atoms with Crippen LogP contribution < -0.4 is 5.32 Å². The highest BCUT2D eigenvalue weighted by Gasteiger charge is 2.34. The van der Waals surface area contributed by atoms with Gasteiger partial charge < -0.3 is 5.32 Å². The summed E-state index contributed by atoms with van der Waals surface area (Å²) >= 11 is 5.55. The molecule has 2 aromatic heterocycles. The van der Waals surface area contributed by atoms with Gasteiger partial charge in [-0.05, 0) is 26.3 Å². The summed E-state index contributed by atoms with van der Waals surface area (Å²) in [5, 5.41) is 8.26. The molecule has 1 atom stereocenters. The molecule has 0 aromatic carbocycles. The maximum Gasteiger partial charge on any atom is 0.435 e. The predicted octanol–water partition coefficient (Wildman–Crippen LogP) is 4.70. The second-order valence-electron chi connectivity index (χ2n) is 6.34. The van der Waals surface area contributed by atoms with Crippen LogP contribution in [-0.4, -0.2) is 32.0 Å². The number of aryl methyl sites for hydroxylation is 2. The molecule has 0 spiro atoms. The molecule has 30 heavy (non-hydrogen) atoms. The van der Waals surface area contributed by atoms with Crippen LogP contribution in [0.25, 0.3) is 0 Å². The predicted molar refractivity (Wildman–Crippen MR) is 91.5 cm³/mol. The summed E-state index contributed by atoms with van der Waals surface area (Å²) in [5.74, 6) is -0.801. The fourth-order valence-corrected chi connectivity index (χ4v) is 2.94. The minimum Gasteiger partial charge on any atom is -0.354 e. The molecule has 14 heteroatoms. The molecule has 0 aliphatic heterocycles. The molecule has 0 aliphatic carbocycles. The first kappa shape index (κ1) is 24.0. The highest BCUT2D eigenvalue weighted by molar-refractivity contribution is 6.32. The van der Waals surface area contributed by atoms with Gasteiger partial charge in [0.2, 0.25) is 5.91 Å². The van der Waals surface area contributed by atoms with Gasteiger partial charge in [-0.15, -0.1) is 0 Å². The standard InChI is InChI=1S/C16H17ClF7N5O/c1-7-6-9(16(22,23)24)26-28(7)5-3-4-25-15(30)8(2)29-12(14(20)21)10(17)11(27-29)13(18)19/h6,8,13-14H,3-5H2,1-2H3,(H,25,30). The lowest BCUT2D eigenvalue weighted by molar-refractivity contribution is -0.141. The molecule has 2 aromatic rings. The lowest BCUT2D eigenvalue weighted by Gasteiger charge is -2.15. The Labute approximate surface area is 171 Å². The van der Waals surface area contributed by atoms with Crippen LogP contribution in [0, 0.1) is 6.92 Å². The van der Waals surface area contributed by atoms with Crippen molar-refractivity contribution < 1.29 is 35.5 Å².